The molecule has 1 aliphatic rings. The second kappa shape index (κ2) is 5.01. The van der Waals surface area contributed by atoms with Crippen LogP contribution in [0.3, 0.4) is 0 Å². The molecule has 0 atom stereocenters. The Kier molecular flexibility index (Phi) is 3.44. The molecule has 0 heterocycles. The van der Waals surface area contributed by atoms with Gasteiger partial charge in [0.1, 0.15) is 0 Å². The first-order valence-electron chi connectivity index (χ1n) is 5.90. The van der Waals surface area contributed by atoms with Gasteiger partial charge >= 0.3 is 0 Å². The normalized spacial score (nSPS) is 16.2. The van der Waals surface area contributed by atoms with E-state index in [9.17, 15) is 4.79 Å². The quantitative estimate of drug-likeness (QED) is 0.766. The van der Waals surface area contributed by atoms with E-state index in [-0.39, 0.29) is 5.91 Å². The molecule has 0 radical (unpaired) electrons. The molecule has 86 valence electrons. The molecule has 0 aliphatic heterocycles. The van der Waals surface area contributed by atoms with Gasteiger partial charge in [-0.05, 0) is 30.9 Å². The molecular formula is C13H18N2O. The molecule has 0 bridgehead atoms. The van der Waals surface area contributed by atoms with Crippen molar-refractivity contribution in [2.24, 2.45) is 5.92 Å². The number of carbonyl (C=O) groups excluding carboxylic acids is 1. The lowest BCUT2D eigenvalue weighted by Gasteiger charge is -2.10. The number of nitrogens with two attached hydrogens (primary N) is 1. The second-order valence-corrected chi connectivity index (χ2v) is 4.49. The molecular weight excluding hydrogens is 200 g/mol. The summed E-state index contributed by atoms with van der Waals surface area (Å²) in [6.45, 7) is 0. The van der Waals surface area contributed by atoms with E-state index in [0.29, 0.717) is 18.0 Å². The van der Waals surface area contributed by atoms with Gasteiger partial charge in [0.2, 0.25) is 5.91 Å². The van der Waals surface area contributed by atoms with Crippen molar-refractivity contribution in [2.75, 3.05) is 11.1 Å². The lowest BCUT2D eigenvalue weighted by Crippen LogP contribution is -2.15. The van der Waals surface area contributed by atoms with Gasteiger partial charge in [-0.2, -0.15) is 0 Å². The zero-order valence-electron chi connectivity index (χ0n) is 9.41. The highest BCUT2D eigenvalue weighted by atomic mass is 16.1. The van der Waals surface area contributed by atoms with Crippen LogP contribution in [0.1, 0.15) is 32.1 Å². The zero-order chi connectivity index (χ0) is 11.4. The Balaban J connectivity index is 1.89. The summed E-state index contributed by atoms with van der Waals surface area (Å²) >= 11 is 0. The Labute approximate surface area is 96.0 Å². The van der Waals surface area contributed by atoms with Crippen molar-refractivity contribution >= 4 is 17.3 Å². The minimum absolute atomic E-state index is 0.0878. The Morgan fingerprint density at radius 2 is 2.00 bits per heavy atom. The van der Waals surface area contributed by atoms with Crippen LogP contribution in [0.4, 0.5) is 11.4 Å². The highest BCUT2D eigenvalue weighted by molar-refractivity contribution is 5.93. The average molecular weight is 218 g/mol. The molecule has 1 fully saturated rings. The molecule has 3 heteroatoms. The maximum Gasteiger partial charge on any atom is 0.224 e. The molecule has 3 N–H and O–H groups in total. The third kappa shape index (κ3) is 2.75. The smallest absolute Gasteiger partial charge is 0.224 e. The predicted molar refractivity (Wildman–Crippen MR) is 66.1 cm³/mol. The summed E-state index contributed by atoms with van der Waals surface area (Å²) in [5, 5.41) is 2.87. The Hall–Kier alpha value is -1.51. The Bertz CT molecular complexity index is 370. The lowest BCUT2D eigenvalue weighted by atomic mass is 10.0. The van der Waals surface area contributed by atoms with Gasteiger partial charge in [0.05, 0.1) is 11.4 Å². The molecule has 0 aromatic heterocycles. The highest BCUT2D eigenvalue weighted by Crippen LogP contribution is 2.28. The van der Waals surface area contributed by atoms with Gasteiger partial charge in [-0.3, -0.25) is 4.79 Å². The van der Waals surface area contributed by atoms with E-state index in [2.05, 4.69) is 5.32 Å². The molecule has 3 nitrogen and oxygen atoms in total. The molecule has 1 aromatic carbocycles. The summed E-state index contributed by atoms with van der Waals surface area (Å²) in [6, 6.07) is 7.37. The van der Waals surface area contributed by atoms with Crippen molar-refractivity contribution in [3.8, 4) is 0 Å². The van der Waals surface area contributed by atoms with Gasteiger partial charge in [-0.1, -0.05) is 25.0 Å². The van der Waals surface area contributed by atoms with E-state index in [0.717, 1.165) is 5.69 Å². The van der Waals surface area contributed by atoms with Crippen LogP contribution >= 0.6 is 0 Å². The minimum Gasteiger partial charge on any atom is -0.397 e. The third-order valence-corrected chi connectivity index (χ3v) is 3.18. The minimum atomic E-state index is 0.0878. The van der Waals surface area contributed by atoms with Crippen LogP contribution in [0.5, 0.6) is 0 Å². The van der Waals surface area contributed by atoms with Crippen LogP contribution in [-0.2, 0) is 4.79 Å². The van der Waals surface area contributed by atoms with Crippen molar-refractivity contribution in [1.29, 1.82) is 0 Å². The van der Waals surface area contributed by atoms with Crippen molar-refractivity contribution in [3.05, 3.63) is 24.3 Å². The van der Waals surface area contributed by atoms with Gasteiger partial charge in [-0.15, -0.1) is 0 Å². The highest BCUT2D eigenvalue weighted by Gasteiger charge is 2.18. The summed E-state index contributed by atoms with van der Waals surface area (Å²) in [5.41, 5.74) is 7.12. The number of nitrogens with one attached hydrogen (secondary N) is 1. The number of hydrogen-bond acceptors (Lipinski definition) is 2. The average Bonchev–Trinajstić information content (AvgIpc) is 2.74. The van der Waals surface area contributed by atoms with E-state index in [1.165, 1.54) is 25.7 Å². The fraction of sp³-hybridized carbons (Fsp3) is 0.462. The number of amides is 1. The maximum atomic E-state index is 11.8. The topological polar surface area (TPSA) is 55.1 Å². The predicted octanol–water partition coefficient (Wildman–Crippen LogP) is 2.79. The van der Waals surface area contributed by atoms with Crippen molar-refractivity contribution in [1.82, 2.24) is 0 Å². The Morgan fingerprint density at radius 3 is 2.69 bits per heavy atom. The number of para-hydroxylation sites is 2. The van der Waals surface area contributed by atoms with E-state index in [1.54, 1.807) is 6.07 Å². The van der Waals surface area contributed by atoms with E-state index in [1.807, 2.05) is 18.2 Å². The molecule has 16 heavy (non-hydrogen) atoms. The van der Waals surface area contributed by atoms with Crippen LogP contribution in [0.15, 0.2) is 24.3 Å². The lowest BCUT2D eigenvalue weighted by molar-refractivity contribution is -0.117. The first-order valence-corrected chi connectivity index (χ1v) is 5.90. The summed E-state index contributed by atoms with van der Waals surface area (Å²) in [7, 11) is 0. The molecule has 1 amide bonds. The standard InChI is InChI=1S/C13H18N2O/c14-11-7-3-4-8-12(11)15-13(16)9-10-5-1-2-6-10/h3-4,7-8,10H,1-2,5-6,9,14H2,(H,15,16). The number of nitrogen functional groups attached to an aromatic ring is 1. The number of carbonyl (C=O) groups is 1. The van der Waals surface area contributed by atoms with Gasteiger partial charge in [-0.25, -0.2) is 0 Å². The number of rotatable bonds is 3. The first-order chi connectivity index (χ1) is 7.75. The summed E-state index contributed by atoms with van der Waals surface area (Å²) < 4.78 is 0. The fourth-order valence-electron chi connectivity index (χ4n) is 2.29. The second-order valence-electron chi connectivity index (χ2n) is 4.49. The summed E-state index contributed by atoms with van der Waals surface area (Å²) in [6.07, 6.45) is 5.56. The van der Waals surface area contributed by atoms with Crippen LogP contribution in [0.2, 0.25) is 0 Å². The van der Waals surface area contributed by atoms with Crippen LogP contribution in [0, 0.1) is 5.92 Å². The third-order valence-electron chi connectivity index (χ3n) is 3.18. The van der Waals surface area contributed by atoms with Crippen molar-refractivity contribution < 1.29 is 4.79 Å². The summed E-state index contributed by atoms with van der Waals surface area (Å²) in [4.78, 5) is 11.8. The number of anilines is 2. The van der Waals surface area contributed by atoms with Crippen LogP contribution < -0.4 is 11.1 Å². The SMILES string of the molecule is Nc1ccccc1NC(=O)CC1CCCC1. The molecule has 1 saturated carbocycles. The molecule has 2 rings (SSSR count). The van der Waals surface area contributed by atoms with E-state index >= 15 is 0 Å². The zero-order valence-corrected chi connectivity index (χ0v) is 9.41. The Morgan fingerprint density at radius 1 is 1.31 bits per heavy atom. The summed E-state index contributed by atoms with van der Waals surface area (Å²) in [5.74, 6) is 0.662. The van der Waals surface area contributed by atoms with E-state index in [4.69, 9.17) is 5.73 Å². The van der Waals surface area contributed by atoms with Crippen molar-refractivity contribution in [3.63, 3.8) is 0 Å². The number of benzene rings is 1. The molecule has 0 unspecified atom stereocenters. The van der Waals surface area contributed by atoms with Gasteiger partial charge in [0.15, 0.2) is 0 Å². The molecule has 1 aliphatic carbocycles. The van der Waals surface area contributed by atoms with Gasteiger partial charge in [0, 0.05) is 6.42 Å². The largest absolute Gasteiger partial charge is 0.397 e. The first kappa shape index (κ1) is 11.0. The van der Waals surface area contributed by atoms with Crippen LogP contribution in [-0.4, -0.2) is 5.91 Å². The van der Waals surface area contributed by atoms with Gasteiger partial charge < -0.3 is 11.1 Å². The maximum absolute atomic E-state index is 11.8. The molecule has 1 aromatic rings. The number of hydrogen-bond donors (Lipinski definition) is 2. The fourth-order valence-corrected chi connectivity index (χ4v) is 2.29. The van der Waals surface area contributed by atoms with Crippen LogP contribution in [0.25, 0.3) is 0 Å². The molecule has 0 saturated heterocycles. The molecule has 0 spiro atoms. The van der Waals surface area contributed by atoms with Gasteiger partial charge in [0.25, 0.3) is 0 Å². The van der Waals surface area contributed by atoms with E-state index < -0.39 is 0 Å². The monoisotopic (exact) mass is 218 g/mol. The van der Waals surface area contributed by atoms with Crippen molar-refractivity contribution in [2.45, 2.75) is 32.1 Å².